The molecule has 32 heavy (non-hydrogen) atoms. The lowest BCUT2D eigenvalue weighted by atomic mass is 10.2. The largest absolute Gasteiger partial charge is 0.497 e. The molecule has 1 aromatic carbocycles. The van der Waals surface area contributed by atoms with Crippen molar-refractivity contribution < 1.29 is 14.3 Å². The molecule has 1 saturated heterocycles. The Balaban J connectivity index is 1.48. The molecule has 2 aromatic heterocycles. The molecule has 0 N–H and O–H groups in total. The molecule has 0 bridgehead atoms. The SMILES string of the molecule is COc1ccc(CN2CC(OCc3cccnc3)CN(Cc3cccnc3)CC2=O)cc1. The van der Waals surface area contributed by atoms with Gasteiger partial charge in [-0.05, 0) is 41.0 Å². The molecule has 1 fully saturated rings. The molecule has 1 aliphatic heterocycles. The molecule has 0 aliphatic carbocycles. The number of carbonyl (C=O) groups excluding carboxylic acids is 1. The average molecular weight is 433 g/mol. The first-order chi connectivity index (χ1) is 15.7. The Kier molecular flexibility index (Phi) is 7.42. The summed E-state index contributed by atoms with van der Waals surface area (Å²) in [5, 5.41) is 0. The number of pyridine rings is 2. The van der Waals surface area contributed by atoms with Gasteiger partial charge in [-0.25, -0.2) is 0 Å². The molecule has 0 saturated carbocycles. The van der Waals surface area contributed by atoms with Crippen LogP contribution in [0.3, 0.4) is 0 Å². The quantitative estimate of drug-likeness (QED) is 0.545. The topological polar surface area (TPSA) is 67.8 Å². The molecule has 0 spiro atoms. The molecule has 166 valence electrons. The van der Waals surface area contributed by atoms with E-state index in [9.17, 15) is 4.79 Å². The van der Waals surface area contributed by atoms with Gasteiger partial charge < -0.3 is 14.4 Å². The highest BCUT2D eigenvalue weighted by Gasteiger charge is 2.28. The van der Waals surface area contributed by atoms with Crippen molar-refractivity contribution in [1.29, 1.82) is 0 Å². The van der Waals surface area contributed by atoms with Crippen LogP contribution in [0.4, 0.5) is 0 Å². The lowest BCUT2D eigenvalue weighted by molar-refractivity contribution is -0.132. The molecule has 1 aliphatic rings. The van der Waals surface area contributed by atoms with E-state index >= 15 is 0 Å². The number of benzene rings is 1. The van der Waals surface area contributed by atoms with Gasteiger partial charge in [0.15, 0.2) is 0 Å². The fraction of sp³-hybridized carbons (Fsp3) is 0.320. The molecule has 7 nitrogen and oxygen atoms in total. The van der Waals surface area contributed by atoms with Crippen LogP contribution >= 0.6 is 0 Å². The first-order valence-corrected chi connectivity index (χ1v) is 10.7. The zero-order chi connectivity index (χ0) is 22.2. The van der Waals surface area contributed by atoms with Crippen LogP contribution in [0, 0.1) is 0 Å². The van der Waals surface area contributed by atoms with E-state index in [1.807, 2.05) is 65.8 Å². The van der Waals surface area contributed by atoms with Crippen molar-refractivity contribution in [1.82, 2.24) is 19.8 Å². The van der Waals surface area contributed by atoms with Gasteiger partial charge >= 0.3 is 0 Å². The van der Waals surface area contributed by atoms with Crippen molar-refractivity contribution in [2.75, 3.05) is 26.7 Å². The highest BCUT2D eigenvalue weighted by atomic mass is 16.5. The molecule has 0 radical (unpaired) electrons. The number of hydrogen-bond donors (Lipinski definition) is 0. The first-order valence-electron chi connectivity index (χ1n) is 10.7. The fourth-order valence-corrected chi connectivity index (χ4v) is 3.83. The van der Waals surface area contributed by atoms with Crippen LogP contribution in [0.1, 0.15) is 16.7 Å². The molecule has 4 rings (SSSR count). The third kappa shape index (κ3) is 6.12. The highest BCUT2D eigenvalue weighted by Crippen LogP contribution is 2.17. The second-order valence-electron chi connectivity index (χ2n) is 7.95. The van der Waals surface area contributed by atoms with Crippen LogP contribution in [0.2, 0.25) is 0 Å². The van der Waals surface area contributed by atoms with Gasteiger partial charge in [0.1, 0.15) is 5.75 Å². The standard InChI is InChI=1S/C25H28N4O3/c1-31-23-8-6-20(7-9-23)15-29-17-24(32-19-22-5-3-11-27-13-22)16-28(18-25(29)30)14-21-4-2-10-26-12-21/h2-13,24H,14-19H2,1H3. The van der Waals surface area contributed by atoms with Crippen LogP contribution in [0.15, 0.2) is 73.3 Å². The van der Waals surface area contributed by atoms with Gasteiger partial charge in [-0.2, -0.15) is 0 Å². The summed E-state index contributed by atoms with van der Waals surface area (Å²) >= 11 is 0. The van der Waals surface area contributed by atoms with E-state index in [4.69, 9.17) is 9.47 Å². The van der Waals surface area contributed by atoms with Gasteiger partial charge in [0.2, 0.25) is 5.91 Å². The number of rotatable bonds is 8. The minimum absolute atomic E-state index is 0.0946. The fourth-order valence-electron chi connectivity index (χ4n) is 3.83. The van der Waals surface area contributed by atoms with E-state index in [0.717, 1.165) is 22.4 Å². The summed E-state index contributed by atoms with van der Waals surface area (Å²) in [5.74, 6) is 0.897. The molecule has 1 amide bonds. The van der Waals surface area contributed by atoms with Gasteiger partial charge in [-0.1, -0.05) is 24.3 Å². The summed E-state index contributed by atoms with van der Waals surface area (Å²) in [6.45, 7) is 3.20. The van der Waals surface area contributed by atoms with E-state index in [0.29, 0.717) is 39.3 Å². The highest BCUT2D eigenvalue weighted by molar-refractivity contribution is 5.78. The lowest BCUT2D eigenvalue weighted by Gasteiger charge is -2.25. The Hall–Kier alpha value is -3.29. The van der Waals surface area contributed by atoms with Crippen molar-refractivity contribution >= 4 is 5.91 Å². The van der Waals surface area contributed by atoms with Crippen molar-refractivity contribution in [2.45, 2.75) is 25.8 Å². The molecule has 1 atom stereocenters. The summed E-state index contributed by atoms with van der Waals surface area (Å²) in [7, 11) is 1.65. The van der Waals surface area contributed by atoms with Crippen molar-refractivity contribution in [3.05, 3.63) is 90.0 Å². The van der Waals surface area contributed by atoms with Crippen LogP contribution < -0.4 is 4.74 Å². The van der Waals surface area contributed by atoms with Crippen LogP contribution in [0.25, 0.3) is 0 Å². The molecular weight excluding hydrogens is 404 g/mol. The Labute approximate surface area is 188 Å². The zero-order valence-electron chi connectivity index (χ0n) is 18.3. The number of methoxy groups -OCH3 is 1. The summed E-state index contributed by atoms with van der Waals surface area (Å²) in [4.78, 5) is 25.5. The third-order valence-corrected chi connectivity index (χ3v) is 5.47. The number of hydrogen-bond acceptors (Lipinski definition) is 6. The van der Waals surface area contributed by atoms with Crippen molar-refractivity contribution in [3.63, 3.8) is 0 Å². The number of carbonyl (C=O) groups is 1. The van der Waals surface area contributed by atoms with Gasteiger partial charge in [-0.15, -0.1) is 0 Å². The van der Waals surface area contributed by atoms with Gasteiger partial charge in [0, 0.05) is 51.0 Å². The average Bonchev–Trinajstić information content (AvgIpc) is 2.97. The summed E-state index contributed by atoms with van der Waals surface area (Å²) < 4.78 is 11.5. The van der Waals surface area contributed by atoms with Crippen LogP contribution in [0.5, 0.6) is 5.75 Å². The zero-order valence-corrected chi connectivity index (χ0v) is 18.3. The molecule has 3 aromatic rings. The van der Waals surface area contributed by atoms with Gasteiger partial charge in [0.25, 0.3) is 0 Å². The number of nitrogens with zero attached hydrogens (tertiary/aromatic N) is 4. The maximum Gasteiger partial charge on any atom is 0.237 e. The second kappa shape index (κ2) is 10.8. The summed E-state index contributed by atoms with van der Waals surface area (Å²) in [5.41, 5.74) is 3.16. The van der Waals surface area contributed by atoms with Crippen LogP contribution in [-0.4, -0.2) is 58.5 Å². The number of aromatic nitrogens is 2. The lowest BCUT2D eigenvalue weighted by Crippen LogP contribution is -2.37. The van der Waals surface area contributed by atoms with E-state index in [1.54, 1.807) is 19.5 Å². The van der Waals surface area contributed by atoms with E-state index < -0.39 is 0 Å². The monoisotopic (exact) mass is 432 g/mol. The van der Waals surface area contributed by atoms with Crippen molar-refractivity contribution in [2.24, 2.45) is 0 Å². The Morgan fingerprint density at radius 2 is 1.62 bits per heavy atom. The maximum absolute atomic E-state index is 13.1. The van der Waals surface area contributed by atoms with E-state index in [1.165, 1.54) is 0 Å². The second-order valence-corrected chi connectivity index (χ2v) is 7.95. The third-order valence-electron chi connectivity index (χ3n) is 5.47. The number of amides is 1. The Bertz CT molecular complexity index is 983. The van der Waals surface area contributed by atoms with Gasteiger partial charge in [0.05, 0.1) is 26.4 Å². The minimum Gasteiger partial charge on any atom is -0.497 e. The van der Waals surface area contributed by atoms with Gasteiger partial charge in [-0.3, -0.25) is 19.7 Å². The molecule has 1 unspecified atom stereocenters. The maximum atomic E-state index is 13.1. The summed E-state index contributed by atoms with van der Waals surface area (Å²) in [6.07, 6.45) is 7.05. The molecular formula is C25H28N4O3. The van der Waals surface area contributed by atoms with E-state index in [2.05, 4.69) is 14.9 Å². The summed E-state index contributed by atoms with van der Waals surface area (Å²) in [6, 6.07) is 15.7. The number of ether oxygens (including phenoxy) is 2. The first kappa shape index (κ1) is 21.9. The molecule has 7 heteroatoms. The predicted octanol–water partition coefficient (Wildman–Crippen LogP) is 2.92. The van der Waals surface area contributed by atoms with E-state index in [-0.39, 0.29) is 12.0 Å². The normalized spacial score (nSPS) is 17.2. The van der Waals surface area contributed by atoms with Crippen LogP contribution in [-0.2, 0) is 29.2 Å². The minimum atomic E-state index is -0.114. The predicted molar refractivity (Wildman–Crippen MR) is 121 cm³/mol. The molecule has 3 heterocycles. The van der Waals surface area contributed by atoms with Crippen molar-refractivity contribution in [3.8, 4) is 5.75 Å². The smallest absolute Gasteiger partial charge is 0.237 e. The Morgan fingerprint density at radius 1 is 0.906 bits per heavy atom. The Morgan fingerprint density at radius 3 is 2.28 bits per heavy atom.